The number of amides is 1. The van der Waals surface area contributed by atoms with Gasteiger partial charge in [0.1, 0.15) is 5.69 Å². The molecule has 1 aromatic heterocycles. The molecule has 0 spiro atoms. The van der Waals surface area contributed by atoms with Gasteiger partial charge in [0.2, 0.25) is 5.91 Å². The summed E-state index contributed by atoms with van der Waals surface area (Å²) in [5, 5.41) is 3.00. The van der Waals surface area contributed by atoms with Gasteiger partial charge in [-0.2, -0.15) is 0 Å². The van der Waals surface area contributed by atoms with Crippen LogP contribution in [-0.2, 0) is 10.2 Å². The standard InChI is InChI=1S/C23H20N2O/c1-23(2,19-10-4-3-5-11-19)22(26)25-21-13-8-9-18(17-21)14-15-20-12-6-7-16-24-20/h3-13,16-17H,1-2H3,(H,25,26). The van der Waals surface area contributed by atoms with Crippen LogP contribution in [0.5, 0.6) is 0 Å². The molecule has 3 nitrogen and oxygen atoms in total. The molecular formula is C23H20N2O. The predicted molar refractivity (Wildman–Crippen MR) is 105 cm³/mol. The number of benzene rings is 2. The maximum Gasteiger partial charge on any atom is 0.234 e. The molecule has 0 bridgehead atoms. The minimum absolute atomic E-state index is 0.0569. The molecule has 128 valence electrons. The highest BCUT2D eigenvalue weighted by Crippen LogP contribution is 2.25. The van der Waals surface area contributed by atoms with E-state index in [0.717, 1.165) is 16.8 Å². The van der Waals surface area contributed by atoms with Gasteiger partial charge in [0.15, 0.2) is 0 Å². The van der Waals surface area contributed by atoms with E-state index in [2.05, 4.69) is 22.1 Å². The highest BCUT2D eigenvalue weighted by atomic mass is 16.2. The van der Waals surface area contributed by atoms with Crippen molar-refractivity contribution in [3.05, 3.63) is 95.8 Å². The Morgan fingerprint density at radius 1 is 0.923 bits per heavy atom. The molecule has 0 aliphatic heterocycles. The Kier molecular flexibility index (Phi) is 5.15. The summed E-state index contributed by atoms with van der Waals surface area (Å²) >= 11 is 0. The van der Waals surface area contributed by atoms with Crippen LogP contribution in [0.1, 0.15) is 30.7 Å². The summed E-state index contributed by atoms with van der Waals surface area (Å²) in [7, 11) is 0. The molecule has 0 fully saturated rings. The van der Waals surface area contributed by atoms with Gasteiger partial charge in [-0.1, -0.05) is 48.4 Å². The molecule has 3 heteroatoms. The van der Waals surface area contributed by atoms with Crippen molar-refractivity contribution in [1.82, 2.24) is 4.98 Å². The number of hydrogen-bond donors (Lipinski definition) is 1. The van der Waals surface area contributed by atoms with Crippen LogP contribution in [0.25, 0.3) is 0 Å². The first-order valence-corrected chi connectivity index (χ1v) is 8.46. The first-order chi connectivity index (χ1) is 12.6. The van der Waals surface area contributed by atoms with E-state index in [4.69, 9.17) is 0 Å². The van der Waals surface area contributed by atoms with Crippen LogP contribution in [0.2, 0.25) is 0 Å². The summed E-state index contributed by atoms with van der Waals surface area (Å²) in [5.74, 6) is 6.05. The van der Waals surface area contributed by atoms with Crippen molar-refractivity contribution in [2.45, 2.75) is 19.3 Å². The molecule has 3 aromatic rings. The molecule has 2 aromatic carbocycles. The summed E-state index contributed by atoms with van der Waals surface area (Å²) in [6.07, 6.45) is 1.71. The topological polar surface area (TPSA) is 42.0 Å². The largest absolute Gasteiger partial charge is 0.325 e. The Morgan fingerprint density at radius 3 is 2.42 bits per heavy atom. The van der Waals surface area contributed by atoms with E-state index >= 15 is 0 Å². The Bertz CT molecular complexity index is 952. The van der Waals surface area contributed by atoms with Crippen molar-refractivity contribution in [1.29, 1.82) is 0 Å². The second-order valence-electron chi connectivity index (χ2n) is 6.49. The van der Waals surface area contributed by atoms with E-state index in [1.807, 2.05) is 86.6 Å². The third kappa shape index (κ3) is 4.17. The fraction of sp³-hybridized carbons (Fsp3) is 0.130. The van der Waals surface area contributed by atoms with Gasteiger partial charge < -0.3 is 5.32 Å². The van der Waals surface area contributed by atoms with Gasteiger partial charge in [0, 0.05) is 17.4 Å². The zero-order chi connectivity index (χ0) is 18.4. The van der Waals surface area contributed by atoms with Crippen molar-refractivity contribution in [3.8, 4) is 11.8 Å². The van der Waals surface area contributed by atoms with E-state index in [0.29, 0.717) is 5.69 Å². The highest BCUT2D eigenvalue weighted by Gasteiger charge is 2.29. The summed E-state index contributed by atoms with van der Waals surface area (Å²) in [6, 6.07) is 22.9. The number of hydrogen-bond acceptors (Lipinski definition) is 2. The number of pyridine rings is 1. The maximum absolute atomic E-state index is 12.8. The van der Waals surface area contributed by atoms with Gasteiger partial charge in [-0.25, -0.2) is 4.98 Å². The van der Waals surface area contributed by atoms with Gasteiger partial charge in [-0.15, -0.1) is 0 Å². The van der Waals surface area contributed by atoms with Crippen molar-refractivity contribution >= 4 is 11.6 Å². The van der Waals surface area contributed by atoms with Crippen molar-refractivity contribution in [2.24, 2.45) is 0 Å². The lowest BCUT2D eigenvalue weighted by Gasteiger charge is -2.24. The molecule has 26 heavy (non-hydrogen) atoms. The molecule has 1 amide bonds. The molecule has 1 N–H and O–H groups in total. The van der Waals surface area contributed by atoms with Gasteiger partial charge in [0.05, 0.1) is 5.41 Å². The Balaban J connectivity index is 1.77. The average molecular weight is 340 g/mol. The minimum atomic E-state index is -0.628. The zero-order valence-electron chi connectivity index (χ0n) is 14.9. The third-order valence-electron chi connectivity index (χ3n) is 4.18. The molecule has 0 unspecified atom stereocenters. The Hall–Kier alpha value is -3.38. The van der Waals surface area contributed by atoms with Crippen molar-refractivity contribution in [3.63, 3.8) is 0 Å². The molecule has 0 aliphatic rings. The second kappa shape index (κ2) is 7.67. The number of rotatable bonds is 3. The lowest BCUT2D eigenvalue weighted by atomic mass is 9.83. The summed E-state index contributed by atoms with van der Waals surface area (Å²) in [5.41, 5.74) is 2.62. The van der Waals surface area contributed by atoms with E-state index in [9.17, 15) is 4.79 Å². The fourth-order valence-electron chi connectivity index (χ4n) is 2.52. The van der Waals surface area contributed by atoms with E-state index in [1.165, 1.54) is 0 Å². The smallest absolute Gasteiger partial charge is 0.234 e. The van der Waals surface area contributed by atoms with Crippen molar-refractivity contribution < 1.29 is 4.79 Å². The predicted octanol–water partition coefficient (Wildman–Crippen LogP) is 4.40. The van der Waals surface area contributed by atoms with Gasteiger partial charge in [-0.3, -0.25) is 4.79 Å². The van der Waals surface area contributed by atoms with Crippen LogP contribution in [-0.4, -0.2) is 10.9 Å². The number of nitrogens with one attached hydrogen (secondary N) is 1. The molecule has 1 heterocycles. The lowest BCUT2D eigenvalue weighted by Crippen LogP contribution is -2.34. The summed E-state index contributed by atoms with van der Waals surface area (Å²) in [6.45, 7) is 3.84. The van der Waals surface area contributed by atoms with Crippen LogP contribution in [0.3, 0.4) is 0 Å². The normalized spacial score (nSPS) is 10.5. The average Bonchev–Trinajstić information content (AvgIpc) is 2.68. The minimum Gasteiger partial charge on any atom is -0.325 e. The summed E-state index contributed by atoms with van der Waals surface area (Å²) in [4.78, 5) is 17.0. The van der Waals surface area contributed by atoms with Crippen LogP contribution in [0, 0.1) is 11.8 Å². The molecule has 0 atom stereocenters. The maximum atomic E-state index is 12.8. The zero-order valence-corrected chi connectivity index (χ0v) is 14.9. The van der Waals surface area contributed by atoms with Crippen LogP contribution in [0.15, 0.2) is 79.0 Å². The molecule has 0 aliphatic carbocycles. The van der Waals surface area contributed by atoms with Crippen LogP contribution in [0.4, 0.5) is 5.69 Å². The van der Waals surface area contributed by atoms with Gasteiger partial charge in [-0.05, 0) is 55.7 Å². The van der Waals surface area contributed by atoms with Crippen molar-refractivity contribution in [2.75, 3.05) is 5.32 Å². The molecular weight excluding hydrogens is 320 g/mol. The molecule has 0 saturated carbocycles. The highest BCUT2D eigenvalue weighted by molar-refractivity contribution is 5.98. The number of aromatic nitrogens is 1. The van der Waals surface area contributed by atoms with Gasteiger partial charge >= 0.3 is 0 Å². The quantitative estimate of drug-likeness (QED) is 0.718. The van der Waals surface area contributed by atoms with E-state index in [-0.39, 0.29) is 5.91 Å². The molecule has 0 radical (unpaired) electrons. The number of nitrogens with zero attached hydrogens (tertiary/aromatic N) is 1. The van der Waals surface area contributed by atoms with E-state index < -0.39 is 5.41 Å². The third-order valence-corrected chi connectivity index (χ3v) is 4.18. The first-order valence-electron chi connectivity index (χ1n) is 8.46. The monoisotopic (exact) mass is 340 g/mol. The van der Waals surface area contributed by atoms with Crippen LogP contribution < -0.4 is 5.32 Å². The van der Waals surface area contributed by atoms with E-state index in [1.54, 1.807) is 6.20 Å². The first kappa shape index (κ1) is 17.4. The Morgan fingerprint density at radius 2 is 1.69 bits per heavy atom. The fourth-order valence-corrected chi connectivity index (χ4v) is 2.52. The molecule has 3 rings (SSSR count). The Labute approximate surface area is 154 Å². The second-order valence-corrected chi connectivity index (χ2v) is 6.49. The number of anilines is 1. The number of carbonyl (C=O) groups excluding carboxylic acids is 1. The SMILES string of the molecule is CC(C)(C(=O)Nc1cccc(C#Cc2ccccn2)c1)c1ccccc1. The molecule has 0 saturated heterocycles. The van der Waals surface area contributed by atoms with Gasteiger partial charge in [0.25, 0.3) is 0 Å². The van der Waals surface area contributed by atoms with Crippen LogP contribution >= 0.6 is 0 Å². The lowest BCUT2D eigenvalue weighted by molar-refractivity contribution is -0.120. The summed E-state index contributed by atoms with van der Waals surface area (Å²) < 4.78 is 0. The number of carbonyl (C=O) groups is 1.